The summed E-state index contributed by atoms with van der Waals surface area (Å²) in [5, 5.41) is 12.4. The number of rotatable bonds is 2. The zero-order chi connectivity index (χ0) is 31.3. The van der Waals surface area contributed by atoms with Crippen molar-refractivity contribution in [1.29, 1.82) is 0 Å². The van der Waals surface area contributed by atoms with Gasteiger partial charge in [0.15, 0.2) is 0 Å². The van der Waals surface area contributed by atoms with Crippen molar-refractivity contribution in [2.45, 2.75) is 75.1 Å². The van der Waals surface area contributed by atoms with Crippen molar-refractivity contribution in [3.05, 3.63) is 82.9 Å². The molecule has 44 heavy (non-hydrogen) atoms. The number of fused-ring (bicyclic) bond motifs is 4. The number of ether oxygens (including phenoxy) is 1. The van der Waals surface area contributed by atoms with Gasteiger partial charge in [-0.25, -0.2) is 4.21 Å². The molecule has 2 aliphatic carbocycles. The largest absolute Gasteiger partial charge is 0.490 e. The molecule has 1 saturated carbocycles. The van der Waals surface area contributed by atoms with E-state index in [0.717, 1.165) is 61.7 Å². The summed E-state index contributed by atoms with van der Waals surface area (Å²) in [7, 11) is -2.95. The summed E-state index contributed by atoms with van der Waals surface area (Å²) in [5.74, 6) is 4.61. The van der Waals surface area contributed by atoms with Crippen molar-refractivity contribution >= 4 is 38.8 Å². The van der Waals surface area contributed by atoms with E-state index in [4.69, 9.17) is 16.3 Å². The molecule has 2 aromatic rings. The zero-order valence-electron chi connectivity index (χ0n) is 25.9. The van der Waals surface area contributed by atoms with E-state index in [9.17, 15) is 14.1 Å². The average molecular weight is 637 g/mol. The van der Waals surface area contributed by atoms with Gasteiger partial charge in [0.05, 0.1) is 27.6 Å². The van der Waals surface area contributed by atoms with Crippen LogP contribution in [0.1, 0.15) is 73.9 Å². The number of carbonyl (C=O) groups excluding carboxylic acids is 1. The van der Waals surface area contributed by atoms with Gasteiger partial charge in [-0.05, 0) is 117 Å². The molecule has 0 aromatic heterocycles. The second-order valence-electron chi connectivity index (χ2n) is 13.7. The Hall–Kier alpha value is -2.74. The topological polar surface area (TPSA) is 78.9 Å². The molecule has 0 radical (unpaired) electrons. The van der Waals surface area contributed by atoms with Crippen LogP contribution in [0.15, 0.2) is 61.2 Å². The summed E-state index contributed by atoms with van der Waals surface area (Å²) < 4.78 is 23.1. The van der Waals surface area contributed by atoms with Gasteiger partial charge in [-0.1, -0.05) is 42.8 Å². The smallest absolute Gasteiger partial charge is 0.262 e. The summed E-state index contributed by atoms with van der Waals surface area (Å²) in [6.07, 6.45) is 11.8. The normalized spacial score (nSPS) is 36.1. The summed E-state index contributed by atoms with van der Waals surface area (Å²) >= 11 is 6.43. The zero-order valence-corrected chi connectivity index (χ0v) is 27.5. The number of halogens is 1. The number of hydrogen-bond acceptors (Lipinski definition) is 5. The number of allylic oxidation sites excluding steroid dienone is 1. The molecule has 1 fully saturated rings. The van der Waals surface area contributed by atoms with Crippen LogP contribution in [0.2, 0.25) is 5.02 Å². The van der Waals surface area contributed by atoms with Gasteiger partial charge in [0.25, 0.3) is 5.91 Å². The molecule has 2 aliphatic heterocycles. The van der Waals surface area contributed by atoms with Crippen LogP contribution in [-0.4, -0.2) is 51.6 Å². The summed E-state index contributed by atoms with van der Waals surface area (Å²) in [5.41, 5.74) is 2.58. The Morgan fingerprint density at radius 3 is 2.80 bits per heavy atom. The fourth-order valence-electron chi connectivity index (χ4n) is 7.92. The minimum Gasteiger partial charge on any atom is -0.490 e. The van der Waals surface area contributed by atoms with Crippen molar-refractivity contribution in [2.75, 3.05) is 24.6 Å². The molecular weight excluding hydrogens is 592 g/mol. The Bertz CT molecular complexity index is 1590. The Morgan fingerprint density at radius 2 is 2.05 bits per heavy atom. The van der Waals surface area contributed by atoms with Gasteiger partial charge < -0.3 is 14.7 Å². The highest BCUT2D eigenvalue weighted by molar-refractivity contribution is 7.99. The van der Waals surface area contributed by atoms with Crippen molar-refractivity contribution in [2.24, 2.45) is 17.8 Å². The first-order valence-electron chi connectivity index (χ1n) is 15.9. The van der Waals surface area contributed by atoms with E-state index in [2.05, 4.69) is 34.2 Å². The van der Waals surface area contributed by atoms with Crippen LogP contribution in [0.3, 0.4) is 0 Å². The molecule has 236 valence electrons. The van der Waals surface area contributed by atoms with Gasteiger partial charge >= 0.3 is 0 Å². The van der Waals surface area contributed by atoms with Gasteiger partial charge in [-0.15, -0.1) is 6.58 Å². The number of aliphatic hydroxyl groups is 1. The maximum Gasteiger partial charge on any atom is 0.262 e. The lowest BCUT2D eigenvalue weighted by molar-refractivity contribution is -0.0428. The second-order valence-corrected chi connectivity index (χ2v) is 16.5. The lowest BCUT2D eigenvalue weighted by Crippen LogP contribution is -2.52. The summed E-state index contributed by atoms with van der Waals surface area (Å²) in [6.45, 7) is 9.82. The van der Waals surface area contributed by atoms with Crippen LogP contribution in [0.4, 0.5) is 5.69 Å². The van der Waals surface area contributed by atoms with E-state index >= 15 is 0 Å². The molecule has 4 aliphatic rings. The number of nitrogens with zero attached hydrogens (tertiary/aromatic N) is 1. The van der Waals surface area contributed by atoms with E-state index in [-0.39, 0.29) is 28.4 Å². The first-order valence-corrected chi connectivity index (χ1v) is 18.1. The molecule has 1 amide bonds. The standard InChI is InChI=1S/C36H45ClN2O4S/c1-5-16-36(41)18-6-8-24(2)25(3)44(4,42)38-34(40)27-11-15-33-32(20-27)39(21-28-10-13-31(28)36)22-35(23-43-33)17-7-9-26-19-29(37)12-14-30(26)35/h5-6,11-12,14-15,18-20,24-25,28,31,41H,1,4,7-10,13,16-17,21-23H2,2-3H3,(H,38,40,42)/b18-6+/t24-,25+,28-,31+,35-,36-,44?/m0/s1. The number of nitrogens with one attached hydrogen (secondary N) is 1. The van der Waals surface area contributed by atoms with Gasteiger partial charge in [-0.2, -0.15) is 0 Å². The molecule has 2 bridgehead atoms. The van der Waals surface area contributed by atoms with Crippen LogP contribution in [0.25, 0.3) is 0 Å². The fraction of sp³-hybridized carbons (Fsp3) is 0.500. The monoisotopic (exact) mass is 636 g/mol. The third-order valence-electron chi connectivity index (χ3n) is 10.9. The quantitative estimate of drug-likeness (QED) is 0.291. The Morgan fingerprint density at radius 1 is 1.23 bits per heavy atom. The lowest BCUT2D eigenvalue weighted by atomic mass is 9.63. The van der Waals surface area contributed by atoms with Gasteiger partial charge in [0, 0.05) is 34.3 Å². The molecule has 2 aromatic carbocycles. The van der Waals surface area contributed by atoms with E-state index in [1.165, 1.54) is 11.1 Å². The van der Waals surface area contributed by atoms with E-state index in [1.54, 1.807) is 6.07 Å². The molecule has 6 nitrogen and oxygen atoms in total. The Kier molecular flexibility index (Phi) is 8.44. The van der Waals surface area contributed by atoms with E-state index in [0.29, 0.717) is 25.0 Å². The molecule has 1 spiro atoms. The lowest BCUT2D eigenvalue weighted by Gasteiger charge is -2.49. The molecule has 7 atom stereocenters. The number of benzene rings is 2. The summed E-state index contributed by atoms with van der Waals surface area (Å²) in [6, 6.07) is 11.7. The highest BCUT2D eigenvalue weighted by Gasteiger charge is 2.47. The van der Waals surface area contributed by atoms with Gasteiger partial charge in [-0.3, -0.25) is 9.52 Å². The van der Waals surface area contributed by atoms with Crippen LogP contribution >= 0.6 is 11.6 Å². The van der Waals surface area contributed by atoms with Crippen LogP contribution in [0.5, 0.6) is 5.75 Å². The number of carbonyl (C=O) groups is 1. The molecule has 8 heteroatoms. The highest BCUT2D eigenvalue weighted by Crippen LogP contribution is 2.49. The Balaban J connectivity index is 1.45. The molecular formula is C36H45ClN2O4S. The summed E-state index contributed by atoms with van der Waals surface area (Å²) in [4.78, 5) is 16.0. The predicted octanol–water partition coefficient (Wildman–Crippen LogP) is 6.49. The predicted molar refractivity (Wildman–Crippen MR) is 181 cm³/mol. The number of aryl methyl sites for hydroxylation is 1. The van der Waals surface area contributed by atoms with E-state index < -0.39 is 21.2 Å². The van der Waals surface area contributed by atoms with Gasteiger partial charge in [0.1, 0.15) is 5.75 Å². The number of amides is 1. The Labute approximate surface area is 267 Å². The second kappa shape index (κ2) is 11.9. The number of hydrogen-bond donors (Lipinski definition) is 2. The maximum absolute atomic E-state index is 13.7. The first kappa shape index (κ1) is 31.3. The van der Waals surface area contributed by atoms with Crippen LogP contribution < -0.4 is 14.4 Å². The van der Waals surface area contributed by atoms with Crippen LogP contribution in [-0.2, 0) is 21.5 Å². The molecule has 2 N–H and O–H groups in total. The highest BCUT2D eigenvalue weighted by atomic mass is 35.5. The van der Waals surface area contributed by atoms with Crippen molar-refractivity contribution in [1.82, 2.24) is 4.72 Å². The molecule has 0 saturated heterocycles. The fourth-order valence-corrected chi connectivity index (χ4v) is 9.59. The minimum atomic E-state index is -2.95. The average Bonchev–Trinajstić information content (AvgIpc) is 3.11. The number of anilines is 1. The van der Waals surface area contributed by atoms with Crippen molar-refractivity contribution in [3.8, 4) is 5.75 Å². The van der Waals surface area contributed by atoms with E-state index in [1.807, 2.05) is 50.3 Å². The van der Waals surface area contributed by atoms with Crippen molar-refractivity contribution < 1.29 is 18.8 Å². The third-order valence-corrected chi connectivity index (χ3v) is 13.3. The maximum atomic E-state index is 13.7. The van der Waals surface area contributed by atoms with Gasteiger partial charge in [0.2, 0.25) is 0 Å². The van der Waals surface area contributed by atoms with Crippen molar-refractivity contribution in [3.63, 3.8) is 0 Å². The van der Waals surface area contributed by atoms with Crippen LogP contribution in [0, 0.1) is 17.8 Å². The first-order chi connectivity index (χ1) is 20.9. The molecule has 1 unspecified atom stereocenters. The minimum absolute atomic E-state index is 0.0185. The third kappa shape index (κ3) is 5.72. The SMILES string of the molecule is C=CC[C@]1(O)/C=C/C[C@H](C)[C@@H](C)S(=C)(=O)NC(=O)c2ccc3c(c2)N(C[C@@H]2CC[C@H]21)C[C@@]1(CCCc2cc(Cl)ccc21)CO3. The molecule has 6 rings (SSSR count). The molecule has 2 heterocycles.